The van der Waals surface area contributed by atoms with Gasteiger partial charge in [-0.2, -0.15) is 0 Å². The minimum absolute atomic E-state index is 0.0516. The summed E-state index contributed by atoms with van der Waals surface area (Å²) in [5.74, 6) is -1.45. The van der Waals surface area contributed by atoms with Gasteiger partial charge in [0, 0.05) is 12.1 Å². The molecule has 0 fully saturated rings. The van der Waals surface area contributed by atoms with Crippen LogP contribution in [0.15, 0.2) is 36.4 Å². The Hall–Kier alpha value is -2.60. The lowest BCUT2D eigenvalue weighted by Crippen LogP contribution is -2.27. The number of carbonyl (C=O) groups is 1. The van der Waals surface area contributed by atoms with Gasteiger partial charge in [-0.15, -0.1) is 0 Å². The van der Waals surface area contributed by atoms with Crippen LogP contribution in [-0.4, -0.2) is 29.3 Å². The number of nitrogens with one attached hydrogen (secondary N) is 1. The van der Waals surface area contributed by atoms with Gasteiger partial charge in [0.05, 0.1) is 17.9 Å². The molecule has 2 aromatic carbocycles. The van der Waals surface area contributed by atoms with Crippen molar-refractivity contribution in [3.05, 3.63) is 47.8 Å². The Labute approximate surface area is 120 Å². The van der Waals surface area contributed by atoms with E-state index < -0.39 is 11.7 Å². The molecule has 0 radical (unpaired) electrons. The number of hydrogen-bond acceptors (Lipinski definition) is 4. The Kier molecular flexibility index (Phi) is 4.39. The molecule has 110 valence electrons. The monoisotopic (exact) mass is 290 g/mol. The SMILES string of the molecule is Nc1cccc(-c2ccc(C(=O)NCCO)c(F)c2)c1O. The van der Waals surface area contributed by atoms with Crippen molar-refractivity contribution in [2.45, 2.75) is 0 Å². The lowest BCUT2D eigenvalue weighted by molar-refractivity contribution is 0.0941. The van der Waals surface area contributed by atoms with Gasteiger partial charge >= 0.3 is 0 Å². The second kappa shape index (κ2) is 6.23. The lowest BCUT2D eigenvalue weighted by Gasteiger charge is -2.09. The molecule has 0 unspecified atom stereocenters. The molecular weight excluding hydrogens is 275 g/mol. The van der Waals surface area contributed by atoms with Crippen LogP contribution in [0.3, 0.4) is 0 Å². The number of carbonyl (C=O) groups excluding carboxylic acids is 1. The number of nitrogens with two attached hydrogens (primary N) is 1. The molecule has 0 spiro atoms. The van der Waals surface area contributed by atoms with Crippen LogP contribution in [0.2, 0.25) is 0 Å². The number of anilines is 1. The van der Waals surface area contributed by atoms with Crippen molar-refractivity contribution in [3.63, 3.8) is 0 Å². The summed E-state index contributed by atoms with van der Waals surface area (Å²) in [5.41, 5.74) is 6.46. The highest BCUT2D eigenvalue weighted by atomic mass is 19.1. The summed E-state index contributed by atoms with van der Waals surface area (Å²) in [6.45, 7) is -0.168. The number of benzene rings is 2. The molecular formula is C15H15FN2O3. The Morgan fingerprint density at radius 2 is 2.05 bits per heavy atom. The standard InChI is InChI=1S/C15H15FN2O3/c16-12-8-9(10-2-1-3-13(17)14(10)20)4-5-11(12)15(21)18-6-7-19/h1-5,8,19-20H,6-7,17H2,(H,18,21). The van der Waals surface area contributed by atoms with Crippen LogP contribution < -0.4 is 11.1 Å². The number of amides is 1. The van der Waals surface area contributed by atoms with Crippen LogP contribution in [0.4, 0.5) is 10.1 Å². The summed E-state index contributed by atoms with van der Waals surface area (Å²) in [5, 5.41) is 20.9. The highest BCUT2D eigenvalue weighted by Gasteiger charge is 2.14. The van der Waals surface area contributed by atoms with Crippen LogP contribution >= 0.6 is 0 Å². The van der Waals surface area contributed by atoms with Crippen molar-refractivity contribution in [1.82, 2.24) is 5.32 Å². The van der Waals surface area contributed by atoms with E-state index >= 15 is 0 Å². The molecule has 0 aromatic heterocycles. The van der Waals surface area contributed by atoms with Gasteiger partial charge in [0.1, 0.15) is 11.6 Å². The number of aliphatic hydroxyl groups excluding tert-OH is 1. The maximum atomic E-state index is 14.0. The third-order valence-electron chi connectivity index (χ3n) is 2.99. The fourth-order valence-corrected chi connectivity index (χ4v) is 1.93. The smallest absolute Gasteiger partial charge is 0.254 e. The molecule has 5 N–H and O–H groups in total. The first kappa shape index (κ1) is 14.8. The van der Waals surface area contributed by atoms with E-state index in [1.807, 2.05) is 0 Å². The molecule has 1 amide bonds. The average molecular weight is 290 g/mol. The number of hydrogen-bond donors (Lipinski definition) is 4. The van der Waals surface area contributed by atoms with Crippen molar-refractivity contribution in [1.29, 1.82) is 0 Å². The molecule has 0 saturated heterocycles. The van der Waals surface area contributed by atoms with Gasteiger partial charge < -0.3 is 21.3 Å². The Bertz CT molecular complexity index is 674. The number of para-hydroxylation sites is 1. The summed E-state index contributed by atoms with van der Waals surface area (Å²) in [4.78, 5) is 11.7. The third kappa shape index (κ3) is 3.11. The van der Waals surface area contributed by atoms with E-state index in [2.05, 4.69) is 5.32 Å². The van der Waals surface area contributed by atoms with E-state index in [9.17, 15) is 14.3 Å². The van der Waals surface area contributed by atoms with Gasteiger partial charge in [-0.3, -0.25) is 4.79 Å². The number of nitrogen functional groups attached to an aromatic ring is 1. The maximum Gasteiger partial charge on any atom is 0.254 e. The van der Waals surface area contributed by atoms with Gasteiger partial charge in [0.25, 0.3) is 5.91 Å². The minimum atomic E-state index is -0.718. The zero-order valence-corrected chi connectivity index (χ0v) is 11.1. The first-order valence-corrected chi connectivity index (χ1v) is 6.31. The average Bonchev–Trinajstić information content (AvgIpc) is 2.47. The van der Waals surface area contributed by atoms with Crippen molar-refractivity contribution in [2.75, 3.05) is 18.9 Å². The van der Waals surface area contributed by atoms with Crippen molar-refractivity contribution in [3.8, 4) is 16.9 Å². The van der Waals surface area contributed by atoms with Gasteiger partial charge in [-0.25, -0.2) is 4.39 Å². The van der Waals surface area contributed by atoms with Crippen LogP contribution in [0.1, 0.15) is 10.4 Å². The van der Waals surface area contributed by atoms with E-state index in [0.29, 0.717) is 11.1 Å². The molecule has 6 heteroatoms. The van der Waals surface area contributed by atoms with Crippen LogP contribution in [-0.2, 0) is 0 Å². The molecule has 2 rings (SSSR count). The first-order valence-electron chi connectivity index (χ1n) is 6.31. The normalized spacial score (nSPS) is 10.4. The van der Waals surface area contributed by atoms with Crippen LogP contribution in [0.5, 0.6) is 5.75 Å². The Morgan fingerprint density at radius 1 is 1.29 bits per heavy atom. The number of halogens is 1. The van der Waals surface area contributed by atoms with Crippen molar-refractivity contribution >= 4 is 11.6 Å². The maximum absolute atomic E-state index is 14.0. The zero-order valence-electron chi connectivity index (χ0n) is 11.1. The fraction of sp³-hybridized carbons (Fsp3) is 0.133. The topological polar surface area (TPSA) is 95.6 Å². The molecule has 0 aliphatic heterocycles. The summed E-state index contributed by atoms with van der Waals surface area (Å²) in [6, 6.07) is 8.77. The fourth-order valence-electron chi connectivity index (χ4n) is 1.93. The quantitative estimate of drug-likeness (QED) is 0.507. The predicted molar refractivity (Wildman–Crippen MR) is 77.3 cm³/mol. The predicted octanol–water partition coefficient (Wildman–Crippen LogP) is 1.50. The highest BCUT2D eigenvalue weighted by molar-refractivity contribution is 5.95. The van der Waals surface area contributed by atoms with E-state index in [1.165, 1.54) is 18.2 Å². The lowest BCUT2D eigenvalue weighted by atomic mass is 10.0. The molecule has 5 nitrogen and oxygen atoms in total. The number of rotatable bonds is 4. The van der Waals surface area contributed by atoms with E-state index in [1.54, 1.807) is 12.1 Å². The van der Waals surface area contributed by atoms with Gasteiger partial charge in [-0.05, 0) is 23.8 Å². The molecule has 0 bridgehead atoms. The number of phenols is 1. The molecule has 0 heterocycles. The first-order chi connectivity index (χ1) is 10.0. The van der Waals surface area contributed by atoms with Gasteiger partial charge in [0.15, 0.2) is 0 Å². The number of aliphatic hydroxyl groups is 1. The van der Waals surface area contributed by atoms with E-state index in [0.717, 1.165) is 6.07 Å². The largest absolute Gasteiger partial charge is 0.505 e. The summed E-state index contributed by atoms with van der Waals surface area (Å²) < 4.78 is 14.0. The van der Waals surface area contributed by atoms with Crippen LogP contribution in [0, 0.1) is 5.82 Å². The number of aromatic hydroxyl groups is 1. The molecule has 0 aliphatic rings. The van der Waals surface area contributed by atoms with E-state index in [-0.39, 0.29) is 30.2 Å². The summed E-state index contributed by atoms with van der Waals surface area (Å²) in [7, 11) is 0. The highest BCUT2D eigenvalue weighted by Crippen LogP contribution is 2.34. The minimum Gasteiger partial charge on any atom is -0.505 e. The zero-order chi connectivity index (χ0) is 15.4. The summed E-state index contributed by atoms with van der Waals surface area (Å²) >= 11 is 0. The van der Waals surface area contributed by atoms with E-state index in [4.69, 9.17) is 10.8 Å². The van der Waals surface area contributed by atoms with Crippen molar-refractivity contribution in [2.24, 2.45) is 0 Å². The van der Waals surface area contributed by atoms with Crippen LogP contribution in [0.25, 0.3) is 11.1 Å². The second-order valence-corrected chi connectivity index (χ2v) is 4.42. The Morgan fingerprint density at radius 3 is 2.71 bits per heavy atom. The third-order valence-corrected chi connectivity index (χ3v) is 2.99. The molecule has 0 aliphatic carbocycles. The second-order valence-electron chi connectivity index (χ2n) is 4.42. The molecule has 21 heavy (non-hydrogen) atoms. The molecule has 0 atom stereocenters. The molecule has 0 saturated carbocycles. The van der Waals surface area contributed by atoms with Crippen molar-refractivity contribution < 1.29 is 19.4 Å². The van der Waals surface area contributed by atoms with Gasteiger partial charge in [0.2, 0.25) is 0 Å². The number of phenolic OH excluding ortho intramolecular Hbond substituents is 1. The Balaban J connectivity index is 2.35. The van der Waals surface area contributed by atoms with Gasteiger partial charge in [-0.1, -0.05) is 18.2 Å². The summed E-state index contributed by atoms with van der Waals surface area (Å²) in [6.07, 6.45) is 0. The molecule has 2 aromatic rings.